The van der Waals surface area contributed by atoms with Crippen LogP contribution in [0.2, 0.25) is 0 Å². The first-order valence-electron chi connectivity index (χ1n) is 24.0. The van der Waals surface area contributed by atoms with Crippen molar-refractivity contribution in [3.63, 3.8) is 0 Å². The van der Waals surface area contributed by atoms with Gasteiger partial charge in [0.15, 0.2) is 11.4 Å². The van der Waals surface area contributed by atoms with E-state index in [1.807, 2.05) is 12.1 Å². The van der Waals surface area contributed by atoms with E-state index in [1.54, 1.807) is 30.6 Å². The fraction of sp³-hybridized carbons (Fsp3) is 0.480. The molecular formula is C50H59N9O8S. The van der Waals surface area contributed by atoms with Crippen molar-refractivity contribution >= 4 is 44.0 Å². The second-order valence-electron chi connectivity index (χ2n) is 19.9. The highest BCUT2D eigenvalue weighted by Gasteiger charge is 2.50. The molecule has 7 heterocycles. The Balaban J connectivity index is 0.784. The van der Waals surface area contributed by atoms with Gasteiger partial charge in [0.1, 0.15) is 23.8 Å². The number of pyridine rings is 1. The predicted octanol–water partition coefficient (Wildman–Crippen LogP) is 6.85. The fourth-order valence-corrected chi connectivity index (χ4v) is 12.8. The molecule has 0 bridgehead atoms. The molecule has 4 saturated heterocycles. The SMILES string of the molecule is Cc1ccccc1C1CCCN1C1CC2(CCN(c3ccc(C(=O)NS(=O)(=O)c4cc5c(c([N+](=O)[O-])c4)NC(CN4CCN(C6COC6)C(C)C4)CO5)c(Oc4cnc5[nH]ccc5c4)c3)CC2)C1. The number of sulfonamides is 1. The van der Waals surface area contributed by atoms with Gasteiger partial charge < -0.3 is 29.4 Å². The number of aromatic amines is 1. The molecule has 5 aromatic rings. The maximum atomic E-state index is 14.1. The lowest BCUT2D eigenvalue weighted by molar-refractivity contribution is -0.384. The Hall–Kier alpha value is -5.79. The number of piperidine rings is 1. The van der Waals surface area contributed by atoms with E-state index in [0.29, 0.717) is 47.5 Å². The number of aryl methyl sites for hydroxylation is 1. The number of hydrogen-bond donors (Lipinski definition) is 3. The normalized spacial score (nSPS) is 23.6. The molecule has 358 valence electrons. The molecule has 68 heavy (non-hydrogen) atoms. The summed E-state index contributed by atoms with van der Waals surface area (Å²) in [4.78, 5) is 42.9. The molecule has 3 N–H and O–H groups in total. The van der Waals surface area contributed by atoms with Gasteiger partial charge in [0.2, 0.25) is 0 Å². The molecule has 1 amide bonds. The smallest absolute Gasteiger partial charge is 0.297 e. The second-order valence-corrected chi connectivity index (χ2v) is 21.6. The summed E-state index contributed by atoms with van der Waals surface area (Å²) >= 11 is 0. The van der Waals surface area contributed by atoms with Gasteiger partial charge in [-0.3, -0.25) is 29.6 Å². The number of rotatable bonds is 12. The lowest BCUT2D eigenvalue weighted by Crippen LogP contribution is -2.61. The highest BCUT2D eigenvalue weighted by Crippen LogP contribution is 2.54. The zero-order chi connectivity index (χ0) is 46.7. The fourth-order valence-electron chi connectivity index (χ4n) is 11.8. The molecular weight excluding hydrogens is 887 g/mol. The summed E-state index contributed by atoms with van der Waals surface area (Å²) in [6, 6.07) is 21.4. The van der Waals surface area contributed by atoms with E-state index in [-0.39, 0.29) is 35.4 Å². The van der Waals surface area contributed by atoms with Crippen LogP contribution in [0.3, 0.4) is 0 Å². The van der Waals surface area contributed by atoms with E-state index in [2.05, 4.69) is 77.7 Å². The van der Waals surface area contributed by atoms with E-state index in [9.17, 15) is 23.3 Å². The Morgan fingerprint density at radius 3 is 2.57 bits per heavy atom. The van der Waals surface area contributed by atoms with Crippen LogP contribution in [0.4, 0.5) is 17.1 Å². The molecule has 2 aromatic heterocycles. The Bertz CT molecular complexity index is 2840. The third-order valence-corrected chi connectivity index (χ3v) is 16.9. The van der Waals surface area contributed by atoms with Crippen molar-refractivity contribution in [2.45, 2.75) is 87.5 Å². The van der Waals surface area contributed by atoms with E-state index in [0.717, 1.165) is 82.5 Å². The highest BCUT2D eigenvalue weighted by molar-refractivity contribution is 7.90. The van der Waals surface area contributed by atoms with Crippen LogP contribution in [0.25, 0.3) is 11.0 Å². The number of aromatic nitrogens is 2. The van der Waals surface area contributed by atoms with Crippen LogP contribution in [0.15, 0.2) is 84.0 Å². The minimum atomic E-state index is -4.65. The summed E-state index contributed by atoms with van der Waals surface area (Å²) in [5.74, 6) is -0.417. The minimum Gasteiger partial charge on any atom is -0.489 e. The summed E-state index contributed by atoms with van der Waals surface area (Å²) in [5, 5.41) is 16.5. The standard InChI is InChI=1S/C50H59N9O8S/c1-32-6-3-4-7-41(32)43-8-5-15-58(43)37-24-50(25-37)12-16-56(17-13-50)36-9-10-42(45(21-36)67-39-20-34-11-14-51-48(34)52-26-39)49(60)54-68(63,64)40-22-44(59(61)62)47-46(23-40)66-29-35(53-47)28-55-18-19-57(33(2)27-55)38-30-65-31-38/h3-4,6-7,9-11,14,20-23,26,33,35,37-38,43,53H,5,8,12-13,15-19,24-25,27-31H2,1-2H3,(H,51,52)(H,54,60). The average Bonchev–Trinajstić information content (AvgIpc) is 3.98. The first-order valence-corrected chi connectivity index (χ1v) is 25.5. The number of H-pyrrole nitrogens is 1. The quantitative estimate of drug-likeness (QED) is 0.0870. The van der Waals surface area contributed by atoms with Crippen molar-refractivity contribution in [2.75, 3.05) is 75.9 Å². The molecule has 0 radical (unpaired) electrons. The number of ether oxygens (including phenoxy) is 3. The Morgan fingerprint density at radius 1 is 0.985 bits per heavy atom. The molecule has 3 unspecified atom stereocenters. The number of hydrogen-bond acceptors (Lipinski definition) is 14. The summed E-state index contributed by atoms with van der Waals surface area (Å²) in [7, 11) is -4.65. The summed E-state index contributed by atoms with van der Waals surface area (Å²) in [6.07, 6.45) is 10.3. The predicted molar refractivity (Wildman–Crippen MR) is 257 cm³/mol. The number of likely N-dealkylation sites (tertiary alicyclic amines) is 1. The van der Waals surface area contributed by atoms with Crippen LogP contribution in [-0.4, -0.2) is 134 Å². The number of carbonyl (C=O) groups excluding carboxylic acids is 1. The van der Waals surface area contributed by atoms with Crippen LogP contribution >= 0.6 is 0 Å². The number of anilines is 2. The molecule has 17 nitrogen and oxygen atoms in total. The third-order valence-electron chi connectivity index (χ3n) is 15.6. The first-order chi connectivity index (χ1) is 32.9. The molecule has 1 spiro atoms. The topological polar surface area (TPSA) is 188 Å². The molecule has 5 aliphatic heterocycles. The zero-order valence-electron chi connectivity index (χ0n) is 38.6. The van der Waals surface area contributed by atoms with E-state index >= 15 is 0 Å². The van der Waals surface area contributed by atoms with Crippen molar-refractivity contribution in [3.05, 3.63) is 106 Å². The summed E-state index contributed by atoms with van der Waals surface area (Å²) < 4.78 is 48.0. The lowest BCUT2D eigenvalue weighted by Gasteiger charge is -2.56. The van der Waals surface area contributed by atoms with Crippen molar-refractivity contribution in [1.29, 1.82) is 0 Å². The Kier molecular flexibility index (Phi) is 11.8. The maximum absolute atomic E-state index is 14.1. The van der Waals surface area contributed by atoms with E-state index in [1.165, 1.54) is 42.9 Å². The third kappa shape index (κ3) is 8.65. The zero-order valence-corrected chi connectivity index (χ0v) is 39.4. The van der Waals surface area contributed by atoms with E-state index < -0.39 is 31.4 Å². The summed E-state index contributed by atoms with van der Waals surface area (Å²) in [5.41, 5.74) is 4.28. The Labute approximate surface area is 396 Å². The van der Waals surface area contributed by atoms with Gasteiger partial charge in [-0.1, -0.05) is 24.3 Å². The van der Waals surface area contributed by atoms with Gasteiger partial charge in [-0.25, -0.2) is 18.1 Å². The molecule has 1 aliphatic carbocycles. The average molecular weight is 946 g/mol. The van der Waals surface area contributed by atoms with Gasteiger partial charge in [-0.2, -0.15) is 0 Å². The molecule has 5 fully saturated rings. The van der Waals surface area contributed by atoms with Crippen LogP contribution in [0.5, 0.6) is 17.2 Å². The number of nitro groups is 1. The van der Waals surface area contributed by atoms with Crippen LogP contribution in [0.1, 0.15) is 73.0 Å². The Morgan fingerprint density at radius 2 is 1.81 bits per heavy atom. The summed E-state index contributed by atoms with van der Waals surface area (Å²) in [6.45, 7) is 12.1. The van der Waals surface area contributed by atoms with Crippen LogP contribution in [-0.2, 0) is 14.8 Å². The molecule has 3 atom stereocenters. The molecule has 18 heteroatoms. The molecule has 6 aliphatic rings. The second kappa shape index (κ2) is 17.9. The van der Waals surface area contributed by atoms with Crippen LogP contribution in [0, 0.1) is 22.5 Å². The maximum Gasteiger partial charge on any atom is 0.297 e. The van der Waals surface area contributed by atoms with Crippen molar-refractivity contribution < 1.29 is 32.3 Å². The van der Waals surface area contributed by atoms with Gasteiger partial charge in [-0.05, 0) is 99.7 Å². The number of nitrogens with zero attached hydrogens (tertiary/aromatic N) is 6. The van der Waals surface area contributed by atoms with Crippen molar-refractivity contribution in [2.24, 2.45) is 5.41 Å². The van der Waals surface area contributed by atoms with Gasteiger partial charge in [-0.15, -0.1) is 0 Å². The van der Waals surface area contributed by atoms with Gasteiger partial charge in [0.05, 0.1) is 46.9 Å². The van der Waals surface area contributed by atoms with Crippen LogP contribution < -0.4 is 24.4 Å². The first kappa shape index (κ1) is 44.7. The van der Waals surface area contributed by atoms with Crippen molar-refractivity contribution in [1.82, 2.24) is 29.4 Å². The highest BCUT2D eigenvalue weighted by atomic mass is 32.2. The minimum absolute atomic E-state index is 0.0238. The number of fused-ring (bicyclic) bond motifs is 2. The number of nitro benzene ring substituents is 1. The lowest BCUT2D eigenvalue weighted by atomic mass is 9.59. The number of amides is 1. The molecule has 1 saturated carbocycles. The molecule has 11 rings (SSSR count). The van der Waals surface area contributed by atoms with Gasteiger partial charge >= 0.3 is 0 Å². The van der Waals surface area contributed by atoms with Crippen molar-refractivity contribution in [3.8, 4) is 17.2 Å². The van der Waals surface area contributed by atoms with E-state index in [4.69, 9.17) is 14.2 Å². The molecule has 3 aromatic carbocycles. The van der Waals surface area contributed by atoms with Gasteiger partial charge in [0, 0.05) is 92.9 Å². The largest absolute Gasteiger partial charge is 0.489 e. The number of piperazine rings is 1. The number of carbonyl (C=O) groups is 1. The monoisotopic (exact) mass is 945 g/mol. The van der Waals surface area contributed by atoms with Gasteiger partial charge in [0.25, 0.3) is 21.6 Å². The number of benzene rings is 3. The number of nitrogens with one attached hydrogen (secondary N) is 3.